The van der Waals surface area contributed by atoms with E-state index in [0.717, 1.165) is 17.3 Å². The SMILES string of the molecule is NCC1CCCN1C(=O)Cn1cnc2ccc(Br)cc2c1=O. The minimum atomic E-state index is -0.205. The molecule has 116 valence electrons. The van der Waals surface area contributed by atoms with Crippen molar-refractivity contribution in [2.75, 3.05) is 13.1 Å². The molecule has 0 radical (unpaired) electrons. The third-order valence-electron chi connectivity index (χ3n) is 4.06. The Morgan fingerprint density at radius 3 is 3.05 bits per heavy atom. The quantitative estimate of drug-likeness (QED) is 0.884. The van der Waals surface area contributed by atoms with Crippen LogP contribution >= 0.6 is 15.9 Å². The highest BCUT2D eigenvalue weighted by Gasteiger charge is 2.27. The van der Waals surface area contributed by atoms with Crippen LogP contribution in [0.25, 0.3) is 10.9 Å². The fraction of sp³-hybridized carbons (Fsp3) is 0.400. The lowest BCUT2D eigenvalue weighted by atomic mass is 10.2. The van der Waals surface area contributed by atoms with Gasteiger partial charge in [0.2, 0.25) is 5.91 Å². The van der Waals surface area contributed by atoms with Gasteiger partial charge in [-0.15, -0.1) is 0 Å². The van der Waals surface area contributed by atoms with E-state index in [4.69, 9.17) is 5.73 Å². The molecule has 0 spiro atoms. The summed E-state index contributed by atoms with van der Waals surface area (Å²) in [5.74, 6) is -0.0776. The van der Waals surface area contributed by atoms with Crippen LogP contribution in [0.3, 0.4) is 0 Å². The Labute approximate surface area is 136 Å². The van der Waals surface area contributed by atoms with Gasteiger partial charge in [-0.2, -0.15) is 0 Å². The van der Waals surface area contributed by atoms with Crippen LogP contribution in [0.4, 0.5) is 0 Å². The van der Waals surface area contributed by atoms with Gasteiger partial charge in [-0.1, -0.05) is 15.9 Å². The van der Waals surface area contributed by atoms with Crippen molar-refractivity contribution in [1.29, 1.82) is 0 Å². The van der Waals surface area contributed by atoms with E-state index in [9.17, 15) is 9.59 Å². The summed E-state index contributed by atoms with van der Waals surface area (Å²) in [6.45, 7) is 1.18. The average Bonchev–Trinajstić information content (AvgIpc) is 2.99. The van der Waals surface area contributed by atoms with Gasteiger partial charge in [-0.05, 0) is 31.0 Å². The maximum Gasteiger partial charge on any atom is 0.261 e. The number of rotatable bonds is 3. The van der Waals surface area contributed by atoms with Crippen LogP contribution in [0.2, 0.25) is 0 Å². The molecule has 22 heavy (non-hydrogen) atoms. The molecular formula is C15H17BrN4O2. The highest BCUT2D eigenvalue weighted by atomic mass is 79.9. The fourth-order valence-electron chi connectivity index (χ4n) is 2.89. The van der Waals surface area contributed by atoms with E-state index in [1.54, 1.807) is 17.0 Å². The third kappa shape index (κ3) is 2.78. The normalized spacial score (nSPS) is 18.1. The van der Waals surface area contributed by atoms with E-state index in [2.05, 4.69) is 20.9 Å². The summed E-state index contributed by atoms with van der Waals surface area (Å²) in [5, 5.41) is 0.501. The van der Waals surface area contributed by atoms with Crippen LogP contribution in [0, 0.1) is 0 Å². The van der Waals surface area contributed by atoms with Crippen molar-refractivity contribution in [2.45, 2.75) is 25.4 Å². The smallest absolute Gasteiger partial charge is 0.261 e. The largest absolute Gasteiger partial charge is 0.337 e. The minimum Gasteiger partial charge on any atom is -0.337 e. The van der Waals surface area contributed by atoms with Crippen molar-refractivity contribution in [2.24, 2.45) is 5.73 Å². The Morgan fingerprint density at radius 1 is 1.45 bits per heavy atom. The van der Waals surface area contributed by atoms with Crippen molar-refractivity contribution >= 4 is 32.7 Å². The van der Waals surface area contributed by atoms with E-state index < -0.39 is 0 Å². The first-order valence-electron chi connectivity index (χ1n) is 7.24. The van der Waals surface area contributed by atoms with Crippen molar-refractivity contribution in [3.05, 3.63) is 39.4 Å². The highest BCUT2D eigenvalue weighted by Crippen LogP contribution is 2.17. The van der Waals surface area contributed by atoms with E-state index in [0.29, 0.717) is 24.0 Å². The molecule has 0 saturated carbocycles. The van der Waals surface area contributed by atoms with Crippen molar-refractivity contribution in [3.8, 4) is 0 Å². The second kappa shape index (κ2) is 6.18. The Balaban J connectivity index is 1.89. The summed E-state index contributed by atoms with van der Waals surface area (Å²) >= 11 is 3.35. The number of nitrogens with zero attached hydrogens (tertiary/aromatic N) is 3. The van der Waals surface area contributed by atoms with Crippen LogP contribution in [0.5, 0.6) is 0 Å². The first-order valence-corrected chi connectivity index (χ1v) is 8.03. The molecule has 3 rings (SSSR count). The molecule has 0 aliphatic carbocycles. The molecule has 1 fully saturated rings. The Bertz CT molecular complexity index is 774. The van der Waals surface area contributed by atoms with Gasteiger partial charge in [0.15, 0.2) is 0 Å². The molecule has 1 atom stereocenters. The van der Waals surface area contributed by atoms with Gasteiger partial charge in [0.25, 0.3) is 5.56 Å². The first-order chi connectivity index (χ1) is 10.6. The van der Waals surface area contributed by atoms with E-state index >= 15 is 0 Å². The lowest BCUT2D eigenvalue weighted by Gasteiger charge is -2.23. The topological polar surface area (TPSA) is 81.2 Å². The second-order valence-electron chi connectivity index (χ2n) is 5.46. The molecule has 1 aliphatic heterocycles. The highest BCUT2D eigenvalue weighted by molar-refractivity contribution is 9.10. The second-order valence-corrected chi connectivity index (χ2v) is 6.37. The number of likely N-dealkylation sites (tertiary alicyclic amines) is 1. The van der Waals surface area contributed by atoms with Crippen molar-refractivity contribution in [1.82, 2.24) is 14.5 Å². The summed E-state index contributed by atoms with van der Waals surface area (Å²) in [5.41, 5.74) is 6.11. The molecule has 2 heterocycles. The maximum absolute atomic E-state index is 12.5. The number of nitrogens with two attached hydrogens (primary N) is 1. The van der Waals surface area contributed by atoms with Gasteiger partial charge in [-0.3, -0.25) is 14.2 Å². The zero-order chi connectivity index (χ0) is 15.7. The Kier molecular flexibility index (Phi) is 4.26. The van der Waals surface area contributed by atoms with Gasteiger partial charge >= 0.3 is 0 Å². The number of fused-ring (bicyclic) bond motifs is 1. The van der Waals surface area contributed by atoms with Gasteiger partial charge in [-0.25, -0.2) is 4.98 Å². The minimum absolute atomic E-state index is 0.00475. The number of benzene rings is 1. The zero-order valence-corrected chi connectivity index (χ0v) is 13.6. The van der Waals surface area contributed by atoms with Crippen molar-refractivity contribution < 1.29 is 4.79 Å². The fourth-order valence-corrected chi connectivity index (χ4v) is 3.25. The van der Waals surface area contributed by atoms with Crippen LogP contribution in [0.1, 0.15) is 12.8 Å². The van der Waals surface area contributed by atoms with Gasteiger partial charge in [0.05, 0.1) is 17.2 Å². The molecule has 1 aromatic heterocycles. The molecule has 6 nitrogen and oxygen atoms in total. The lowest BCUT2D eigenvalue weighted by molar-refractivity contribution is -0.132. The number of amides is 1. The summed E-state index contributed by atoms with van der Waals surface area (Å²) in [4.78, 5) is 30.9. The molecular weight excluding hydrogens is 348 g/mol. The van der Waals surface area contributed by atoms with Crippen molar-refractivity contribution in [3.63, 3.8) is 0 Å². The molecule has 0 bridgehead atoms. The Morgan fingerprint density at radius 2 is 2.27 bits per heavy atom. The van der Waals surface area contributed by atoms with Crippen LogP contribution in [0.15, 0.2) is 33.8 Å². The van der Waals surface area contributed by atoms with E-state index in [1.165, 1.54) is 10.9 Å². The van der Waals surface area contributed by atoms with E-state index in [-0.39, 0.29) is 24.1 Å². The molecule has 1 aliphatic rings. The molecule has 1 saturated heterocycles. The predicted octanol–water partition coefficient (Wildman–Crippen LogP) is 1.11. The summed E-state index contributed by atoms with van der Waals surface area (Å²) in [7, 11) is 0. The van der Waals surface area contributed by atoms with E-state index in [1.807, 2.05) is 6.07 Å². The molecule has 1 aromatic carbocycles. The standard InChI is InChI=1S/C15H17BrN4O2/c16-10-3-4-13-12(6-10)15(22)19(9-18-13)8-14(21)20-5-1-2-11(20)7-17/h3-4,6,9,11H,1-2,5,7-8,17H2. The molecule has 7 heteroatoms. The first kappa shape index (κ1) is 15.2. The average molecular weight is 365 g/mol. The summed E-state index contributed by atoms with van der Waals surface area (Å²) < 4.78 is 2.17. The van der Waals surface area contributed by atoms with Crippen LogP contribution in [-0.2, 0) is 11.3 Å². The summed E-state index contributed by atoms with van der Waals surface area (Å²) in [6, 6.07) is 5.42. The molecule has 2 aromatic rings. The summed E-state index contributed by atoms with van der Waals surface area (Å²) in [6.07, 6.45) is 3.33. The molecule has 1 unspecified atom stereocenters. The number of hydrogen-bond acceptors (Lipinski definition) is 4. The monoisotopic (exact) mass is 364 g/mol. The van der Waals surface area contributed by atoms with Crippen LogP contribution < -0.4 is 11.3 Å². The van der Waals surface area contributed by atoms with Gasteiger partial charge in [0, 0.05) is 23.6 Å². The number of carbonyl (C=O) groups is 1. The molecule has 2 N–H and O–H groups in total. The number of halogens is 1. The maximum atomic E-state index is 12.5. The lowest BCUT2D eigenvalue weighted by Crippen LogP contribution is -2.42. The number of aromatic nitrogens is 2. The molecule has 1 amide bonds. The number of carbonyl (C=O) groups excluding carboxylic acids is 1. The Hall–Kier alpha value is -1.73. The van der Waals surface area contributed by atoms with Gasteiger partial charge in [0.1, 0.15) is 6.54 Å². The number of hydrogen-bond donors (Lipinski definition) is 1. The predicted molar refractivity (Wildman–Crippen MR) is 87.5 cm³/mol. The third-order valence-corrected chi connectivity index (χ3v) is 4.55. The van der Waals surface area contributed by atoms with Crippen LogP contribution in [-0.4, -0.2) is 39.5 Å². The van der Waals surface area contributed by atoms with Gasteiger partial charge < -0.3 is 10.6 Å². The zero-order valence-electron chi connectivity index (χ0n) is 12.0.